The average molecular weight is 436 g/mol. The van der Waals surface area contributed by atoms with Gasteiger partial charge in [-0.15, -0.1) is 0 Å². The Bertz CT molecular complexity index is 1090. The molecule has 0 aromatic heterocycles. The van der Waals surface area contributed by atoms with Crippen LogP contribution in [0.2, 0.25) is 0 Å². The second-order valence-electron chi connectivity index (χ2n) is 7.38. The van der Waals surface area contributed by atoms with E-state index in [9.17, 15) is 14.0 Å². The van der Waals surface area contributed by atoms with Crippen LogP contribution in [-0.4, -0.2) is 24.9 Å². The molecule has 0 saturated carbocycles. The van der Waals surface area contributed by atoms with E-state index in [4.69, 9.17) is 11.6 Å². The lowest BCUT2D eigenvalue weighted by Crippen LogP contribution is -2.48. The molecular weight excluding hydrogens is 409 g/mol. The third-order valence-electron chi connectivity index (χ3n) is 4.98. The highest BCUT2D eigenvalue weighted by Crippen LogP contribution is 2.25. The molecule has 0 radical (unpaired) electrons. The molecule has 32 heavy (non-hydrogen) atoms. The number of nitrogens with zero attached hydrogens (tertiary/aromatic N) is 1. The molecule has 0 heterocycles. The van der Waals surface area contributed by atoms with E-state index in [1.165, 1.54) is 23.2 Å². The number of rotatable bonds is 8. The quantitative estimate of drug-likeness (QED) is 0.246. The summed E-state index contributed by atoms with van der Waals surface area (Å²) >= 11 is 0. The Balaban J connectivity index is 1.79. The van der Waals surface area contributed by atoms with Gasteiger partial charge in [0.1, 0.15) is 11.9 Å². The van der Waals surface area contributed by atoms with Gasteiger partial charge < -0.3 is 21.4 Å². The molecule has 0 aliphatic heterocycles. The number of nitrogens with one attached hydrogen (secondary N) is 2. The number of benzene rings is 3. The number of nitrogens with two attached hydrogens (primary N) is 2. The van der Waals surface area contributed by atoms with E-state index < -0.39 is 23.7 Å². The number of carbonyl (C=O) groups is 2. The van der Waals surface area contributed by atoms with E-state index in [0.29, 0.717) is 11.4 Å². The summed E-state index contributed by atoms with van der Waals surface area (Å²) in [5, 5.41) is 6.87. The van der Waals surface area contributed by atoms with Crippen molar-refractivity contribution in [1.82, 2.24) is 10.6 Å². The Morgan fingerprint density at radius 1 is 1.00 bits per heavy atom. The standard InChI is InChI=1S/C24H26FN5O2/c1-30(27)22-17(10-7-13-20(22)26)15-28-24(32)21(14-16-8-3-2-4-9-16)29-23(31)18-11-5-6-12-19(18)25/h2-13,21H,14-15,26-27H2,1H3,(H,28,32)(H,29,31). The van der Waals surface area contributed by atoms with Gasteiger partial charge in [0.05, 0.1) is 16.9 Å². The number of amides is 2. The van der Waals surface area contributed by atoms with E-state index >= 15 is 0 Å². The second-order valence-corrected chi connectivity index (χ2v) is 7.38. The van der Waals surface area contributed by atoms with Crippen LogP contribution in [0, 0.1) is 5.82 Å². The lowest BCUT2D eigenvalue weighted by Gasteiger charge is -2.22. The van der Waals surface area contributed by atoms with Crippen LogP contribution in [0.15, 0.2) is 72.8 Å². The van der Waals surface area contributed by atoms with E-state index in [2.05, 4.69) is 10.6 Å². The van der Waals surface area contributed by atoms with Crippen molar-refractivity contribution in [3.8, 4) is 0 Å². The SMILES string of the molecule is CN(N)c1c(N)cccc1CNC(=O)C(Cc1ccccc1)NC(=O)c1ccccc1F. The Morgan fingerprint density at radius 2 is 1.69 bits per heavy atom. The molecule has 1 atom stereocenters. The van der Waals surface area contributed by atoms with E-state index in [1.807, 2.05) is 30.3 Å². The minimum Gasteiger partial charge on any atom is -0.397 e. The molecule has 7 nitrogen and oxygen atoms in total. The maximum Gasteiger partial charge on any atom is 0.254 e. The molecule has 3 rings (SSSR count). The van der Waals surface area contributed by atoms with Crippen molar-refractivity contribution in [3.63, 3.8) is 0 Å². The molecule has 0 bridgehead atoms. The molecule has 0 aliphatic carbocycles. The largest absolute Gasteiger partial charge is 0.397 e. The zero-order chi connectivity index (χ0) is 23.1. The molecule has 6 N–H and O–H groups in total. The van der Waals surface area contributed by atoms with Crippen molar-refractivity contribution >= 4 is 23.2 Å². The van der Waals surface area contributed by atoms with E-state index in [-0.39, 0.29) is 18.5 Å². The Labute approximate surface area is 186 Å². The first-order valence-electron chi connectivity index (χ1n) is 10.1. The molecule has 2 amide bonds. The van der Waals surface area contributed by atoms with Crippen LogP contribution in [-0.2, 0) is 17.8 Å². The fourth-order valence-corrected chi connectivity index (χ4v) is 3.43. The molecule has 3 aromatic rings. The number of para-hydroxylation sites is 1. The number of hydrazine groups is 1. The summed E-state index contributed by atoms with van der Waals surface area (Å²) in [4.78, 5) is 25.7. The van der Waals surface area contributed by atoms with Crippen LogP contribution in [0.3, 0.4) is 0 Å². The average Bonchev–Trinajstić information content (AvgIpc) is 2.77. The van der Waals surface area contributed by atoms with Crippen LogP contribution < -0.4 is 27.2 Å². The zero-order valence-electron chi connectivity index (χ0n) is 17.7. The first-order valence-corrected chi connectivity index (χ1v) is 10.1. The van der Waals surface area contributed by atoms with Gasteiger partial charge in [-0.3, -0.25) is 9.59 Å². The van der Waals surface area contributed by atoms with Crippen molar-refractivity contribution in [2.24, 2.45) is 5.84 Å². The van der Waals surface area contributed by atoms with Crippen molar-refractivity contribution in [3.05, 3.63) is 95.3 Å². The summed E-state index contributed by atoms with van der Waals surface area (Å²) in [6.07, 6.45) is 0.243. The van der Waals surface area contributed by atoms with Gasteiger partial charge in [0.25, 0.3) is 5.91 Å². The molecule has 166 valence electrons. The summed E-state index contributed by atoms with van der Waals surface area (Å²) in [5.41, 5.74) is 8.54. The first kappa shape index (κ1) is 22.8. The van der Waals surface area contributed by atoms with Crippen LogP contribution >= 0.6 is 0 Å². The third-order valence-corrected chi connectivity index (χ3v) is 4.98. The summed E-state index contributed by atoms with van der Waals surface area (Å²) in [7, 11) is 1.66. The van der Waals surface area contributed by atoms with E-state index in [1.54, 1.807) is 31.3 Å². The third kappa shape index (κ3) is 5.61. The summed E-state index contributed by atoms with van der Waals surface area (Å²) in [5.74, 6) is 4.15. The monoisotopic (exact) mass is 435 g/mol. The molecular formula is C24H26FN5O2. The predicted octanol–water partition coefficient (Wildman–Crippen LogP) is 2.38. The van der Waals surface area contributed by atoms with Crippen LogP contribution in [0.5, 0.6) is 0 Å². The predicted molar refractivity (Wildman–Crippen MR) is 123 cm³/mol. The van der Waals surface area contributed by atoms with Crippen LogP contribution in [0.4, 0.5) is 15.8 Å². The summed E-state index contributed by atoms with van der Waals surface area (Å²) in [6.45, 7) is 0.154. The number of hydrogen-bond donors (Lipinski definition) is 4. The van der Waals surface area contributed by atoms with Gasteiger partial charge in [0.2, 0.25) is 5.91 Å². The summed E-state index contributed by atoms with van der Waals surface area (Å²) < 4.78 is 14.1. The van der Waals surface area contributed by atoms with Gasteiger partial charge in [-0.25, -0.2) is 10.2 Å². The molecule has 3 aromatic carbocycles. The fourth-order valence-electron chi connectivity index (χ4n) is 3.43. The van der Waals surface area contributed by atoms with Gasteiger partial charge in [-0.1, -0.05) is 54.6 Å². The molecule has 0 saturated heterocycles. The smallest absolute Gasteiger partial charge is 0.254 e. The maximum absolute atomic E-state index is 14.1. The highest BCUT2D eigenvalue weighted by atomic mass is 19.1. The van der Waals surface area contributed by atoms with Gasteiger partial charge in [0, 0.05) is 20.0 Å². The number of nitrogen functional groups attached to an aromatic ring is 1. The van der Waals surface area contributed by atoms with Gasteiger partial charge in [0.15, 0.2) is 0 Å². The molecule has 1 unspecified atom stereocenters. The van der Waals surface area contributed by atoms with Crippen molar-refractivity contribution < 1.29 is 14.0 Å². The fraction of sp³-hybridized carbons (Fsp3) is 0.167. The number of carbonyl (C=O) groups excluding carboxylic acids is 2. The Morgan fingerprint density at radius 3 is 2.38 bits per heavy atom. The van der Waals surface area contributed by atoms with Crippen LogP contribution in [0.1, 0.15) is 21.5 Å². The highest BCUT2D eigenvalue weighted by molar-refractivity contribution is 5.97. The lowest BCUT2D eigenvalue weighted by molar-refractivity contribution is -0.123. The topological polar surface area (TPSA) is 113 Å². The second kappa shape index (κ2) is 10.4. The normalized spacial score (nSPS) is 11.5. The lowest BCUT2D eigenvalue weighted by atomic mass is 10.0. The molecule has 8 heteroatoms. The van der Waals surface area contributed by atoms with Crippen molar-refractivity contribution in [1.29, 1.82) is 0 Å². The van der Waals surface area contributed by atoms with Crippen molar-refractivity contribution in [2.45, 2.75) is 19.0 Å². The zero-order valence-corrected chi connectivity index (χ0v) is 17.7. The van der Waals surface area contributed by atoms with Crippen molar-refractivity contribution in [2.75, 3.05) is 17.8 Å². The number of hydrogen-bond acceptors (Lipinski definition) is 5. The van der Waals surface area contributed by atoms with Gasteiger partial charge >= 0.3 is 0 Å². The Kier molecular flexibility index (Phi) is 7.41. The van der Waals surface area contributed by atoms with Crippen LogP contribution in [0.25, 0.3) is 0 Å². The number of halogens is 1. The molecule has 0 fully saturated rings. The molecule has 0 aliphatic rings. The Hall–Kier alpha value is -3.91. The van der Waals surface area contributed by atoms with Gasteiger partial charge in [-0.05, 0) is 29.3 Å². The summed E-state index contributed by atoms with van der Waals surface area (Å²) in [6, 6.07) is 19.3. The number of anilines is 2. The highest BCUT2D eigenvalue weighted by Gasteiger charge is 2.23. The maximum atomic E-state index is 14.1. The molecule has 0 spiro atoms. The first-order chi connectivity index (χ1) is 15.4. The van der Waals surface area contributed by atoms with Gasteiger partial charge in [-0.2, -0.15) is 0 Å². The minimum atomic E-state index is -0.912. The minimum absolute atomic E-state index is 0.124. The van der Waals surface area contributed by atoms with E-state index in [0.717, 1.165) is 11.1 Å².